The van der Waals surface area contributed by atoms with E-state index < -0.39 is 6.10 Å². The zero-order chi connectivity index (χ0) is 11.8. The van der Waals surface area contributed by atoms with Crippen LogP contribution < -0.4 is 0 Å². The third kappa shape index (κ3) is 2.35. The monoisotopic (exact) mass is 304 g/mol. The molecule has 1 N–H and O–H groups in total. The number of methoxy groups -OCH3 is 1. The van der Waals surface area contributed by atoms with Crippen molar-refractivity contribution in [3.05, 3.63) is 20.3 Å². The number of rotatable bonds is 4. The van der Waals surface area contributed by atoms with Crippen LogP contribution in [0.5, 0.6) is 0 Å². The van der Waals surface area contributed by atoms with Gasteiger partial charge >= 0.3 is 0 Å². The first kappa shape index (κ1) is 12.6. The van der Waals surface area contributed by atoms with Crippen molar-refractivity contribution in [2.45, 2.75) is 44.3 Å². The Morgan fingerprint density at radius 1 is 1.62 bits per heavy atom. The van der Waals surface area contributed by atoms with Crippen molar-refractivity contribution in [2.24, 2.45) is 0 Å². The van der Waals surface area contributed by atoms with Crippen LogP contribution in [0.1, 0.15) is 42.2 Å². The second-order valence-corrected chi connectivity index (χ2v) is 7.16. The molecule has 1 aliphatic rings. The van der Waals surface area contributed by atoms with E-state index >= 15 is 0 Å². The second kappa shape index (κ2) is 4.77. The quantitative estimate of drug-likeness (QED) is 0.916. The SMILES string of the molecule is COC1(CC(O)c2cc(Br)sc2C)CCC1. The molecule has 0 bridgehead atoms. The van der Waals surface area contributed by atoms with E-state index in [2.05, 4.69) is 15.9 Å². The van der Waals surface area contributed by atoms with Gasteiger partial charge in [0.15, 0.2) is 0 Å². The molecule has 0 radical (unpaired) electrons. The Morgan fingerprint density at radius 2 is 2.31 bits per heavy atom. The van der Waals surface area contributed by atoms with Crippen molar-refractivity contribution in [3.63, 3.8) is 0 Å². The Kier molecular flexibility index (Phi) is 3.74. The zero-order valence-corrected chi connectivity index (χ0v) is 12.0. The highest BCUT2D eigenvalue weighted by atomic mass is 79.9. The van der Waals surface area contributed by atoms with E-state index in [1.54, 1.807) is 18.4 Å². The van der Waals surface area contributed by atoms with Gasteiger partial charge in [-0.3, -0.25) is 0 Å². The van der Waals surface area contributed by atoms with Crippen LogP contribution in [0.15, 0.2) is 9.85 Å². The number of aliphatic hydroxyl groups excluding tert-OH is 1. The minimum absolute atomic E-state index is 0.0692. The number of hydrogen-bond acceptors (Lipinski definition) is 3. The maximum absolute atomic E-state index is 10.3. The number of ether oxygens (including phenoxy) is 1. The molecular formula is C12H17BrO2S. The van der Waals surface area contributed by atoms with E-state index in [1.807, 2.05) is 13.0 Å². The summed E-state index contributed by atoms with van der Waals surface area (Å²) in [5.41, 5.74) is 0.973. The first-order valence-corrected chi connectivity index (χ1v) is 7.16. The van der Waals surface area contributed by atoms with Crippen LogP contribution in [0, 0.1) is 6.92 Å². The van der Waals surface area contributed by atoms with Crippen molar-refractivity contribution in [1.82, 2.24) is 0 Å². The highest BCUT2D eigenvalue weighted by Gasteiger charge is 2.39. The van der Waals surface area contributed by atoms with Gasteiger partial charge in [0.25, 0.3) is 0 Å². The van der Waals surface area contributed by atoms with Gasteiger partial charge < -0.3 is 9.84 Å². The van der Waals surface area contributed by atoms with E-state index in [0.29, 0.717) is 6.42 Å². The average molecular weight is 305 g/mol. The Labute approximate surface area is 109 Å². The summed E-state index contributed by atoms with van der Waals surface area (Å²) in [6.45, 7) is 2.05. The first-order valence-electron chi connectivity index (χ1n) is 5.55. The summed E-state index contributed by atoms with van der Waals surface area (Å²) in [5.74, 6) is 0. The third-order valence-electron chi connectivity index (χ3n) is 3.55. The summed E-state index contributed by atoms with van der Waals surface area (Å²) in [7, 11) is 1.75. The van der Waals surface area contributed by atoms with Gasteiger partial charge in [-0.1, -0.05) is 0 Å². The van der Waals surface area contributed by atoms with Gasteiger partial charge in [-0.2, -0.15) is 0 Å². The van der Waals surface area contributed by atoms with E-state index in [-0.39, 0.29) is 5.60 Å². The summed E-state index contributed by atoms with van der Waals surface area (Å²) in [6.07, 6.45) is 3.68. The summed E-state index contributed by atoms with van der Waals surface area (Å²) in [6, 6.07) is 2.02. The van der Waals surface area contributed by atoms with Crippen LogP contribution >= 0.6 is 27.3 Å². The molecule has 1 aliphatic carbocycles. The lowest BCUT2D eigenvalue weighted by Crippen LogP contribution is -2.40. The lowest BCUT2D eigenvalue weighted by molar-refractivity contribution is -0.0999. The molecule has 0 spiro atoms. The number of aryl methyl sites for hydroxylation is 1. The Bertz CT molecular complexity index is 366. The fourth-order valence-electron chi connectivity index (χ4n) is 2.31. The number of thiophene rings is 1. The van der Waals surface area contributed by atoms with Crippen molar-refractivity contribution in [2.75, 3.05) is 7.11 Å². The fraction of sp³-hybridized carbons (Fsp3) is 0.667. The van der Waals surface area contributed by atoms with Gasteiger partial charge in [0.2, 0.25) is 0 Å². The topological polar surface area (TPSA) is 29.5 Å². The molecule has 1 heterocycles. The van der Waals surface area contributed by atoms with Gasteiger partial charge in [-0.15, -0.1) is 11.3 Å². The van der Waals surface area contributed by atoms with Crippen LogP contribution in [-0.4, -0.2) is 17.8 Å². The van der Waals surface area contributed by atoms with Crippen LogP contribution in [-0.2, 0) is 4.74 Å². The Hall–Kier alpha value is 0.1000. The molecule has 0 amide bonds. The zero-order valence-electron chi connectivity index (χ0n) is 9.62. The maximum Gasteiger partial charge on any atom is 0.0828 e. The molecule has 1 atom stereocenters. The molecule has 1 fully saturated rings. The molecule has 1 unspecified atom stereocenters. The number of aliphatic hydroxyl groups is 1. The van der Waals surface area contributed by atoms with Gasteiger partial charge in [-0.05, 0) is 53.7 Å². The number of hydrogen-bond donors (Lipinski definition) is 1. The van der Waals surface area contributed by atoms with Crippen LogP contribution in [0.25, 0.3) is 0 Å². The van der Waals surface area contributed by atoms with E-state index in [0.717, 1.165) is 22.2 Å². The van der Waals surface area contributed by atoms with E-state index in [9.17, 15) is 5.11 Å². The predicted octanol–water partition coefficient (Wildman–Crippen LogP) is 3.81. The van der Waals surface area contributed by atoms with Gasteiger partial charge in [0, 0.05) is 18.4 Å². The third-order valence-corrected chi connectivity index (χ3v) is 5.12. The lowest BCUT2D eigenvalue weighted by atomic mass is 9.75. The van der Waals surface area contributed by atoms with Gasteiger partial charge in [0.1, 0.15) is 0 Å². The Morgan fingerprint density at radius 3 is 2.69 bits per heavy atom. The normalized spacial score (nSPS) is 20.5. The molecule has 0 aromatic carbocycles. The van der Waals surface area contributed by atoms with Crippen LogP contribution in [0.4, 0.5) is 0 Å². The molecule has 0 saturated heterocycles. The average Bonchev–Trinajstić information content (AvgIpc) is 2.51. The molecular weight excluding hydrogens is 288 g/mol. The molecule has 0 aliphatic heterocycles. The highest BCUT2D eigenvalue weighted by Crippen LogP contribution is 2.43. The van der Waals surface area contributed by atoms with Gasteiger partial charge in [0.05, 0.1) is 15.5 Å². The van der Waals surface area contributed by atoms with Crippen LogP contribution in [0.3, 0.4) is 0 Å². The highest BCUT2D eigenvalue weighted by molar-refractivity contribution is 9.11. The molecule has 1 aromatic rings. The first-order chi connectivity index (χ1) is 7.56. The fourth-order valence-corrected chi connectivity index (χ4v) is 4.08. The van der Waals surface area contributed by atoms with Crippen molar-refractivity contribution >= 4 is 27.3 Å². The lowest BCUT2D eigenvalue weighted by Gasteiger charge is -2.41. The van der Waals surface area contributed by atoms with Crippen molar-refractivity contribution < 1.29 is 9.84 Å². The number of halogens is 1. The standard InChI is InChI=1S/C12H17BrO2S/c1-8-9(6-11(13)16-8)10(14)7-12(15-2)4-3-5-12/h6,10,14H,3-5,7H2,1-2H3. The largest absolute Gasteiger partial charge is 0.388 e. The Balaban J connectivity index is 2.07. The molecule has 1 saturated carbocycles. The second-order valence-electron chi connectivity index (χ2n) is 4.52. The predicted molar refractivity (Wildman–Crippen MR) is 69.9 cm³/mol. The van der Waals surface area contributed by atoms with E-state index in [4.69, 9.17) is 4.74 Å². The van der Waals surface area contributed by atoms with Crippen LogP contribution in [0.2, 0.25) is 0 Å². The maximum atomic E-state index is 10.3. The molecule has 90 valence electrons. The molecule has 16 heavy (non-hydrogen) atoms. The molecule has 2 nitrogen and oxygen atoms in total. The summed E-state index contributed by atoms with van der Waals surface area (Å²) in [5, 5.41) is 10.3. The summed E-state index contributed by atoms with van der Waals surface area (Å²) < 4.78 is 6.63. The van der Waals surface area contributed by atoms with Crippen molar-refractivity contribution in [3.8, 4) is 0 Å². The summed E-state index contributed by atoms with van der Waals surface area (Å²) in [4.78, 5) is 1.19. The van der Waals surface area contributed by atoms with Crippen molar-refractivity contribution in [1.29, 1.82) is 0 Å². The van der Waals surface area contributed by atoms with E-state index in [1.165, 1.54) is 11.3 Å². The molecule has 4 heteroatoms. The minimum atomic E-state index is -0.400. The summed E-state index contributed by atoms with van der Waals surface area (Å²) >= 11 is 5.13. The van der Waals surface area contributed by atoms with Gasteiger partial charge in [-0.25, -0.2) is 0 Å². The molecule has 1 aromatic heterocycles. The molecule has 2 rings (SSSR count). The smallest absolute Gasteiger partial charge is 0.0828 e. The minimum Gasteiger partial charge on any atom is -0.388 e.